The summed E-state index contributed by atoms with van der Waals surface area (Å²) < 4.78 is 14.5. The molecule has 0 amide bonds. The third-order valence-electron chi connectivity index (χ3n) is 5.75. The Balaban J connectivity index is 1.64. The van der Waals surface area contributed by atoms with Crippen LogP contribution in [0, 0.1) is 0 Å². The first-order valence-electron chi connectivity index (χ1n) is 9.79. The fourth-order valence-corrected chi connectivity index (χ4v) is 4.57. The van der Waals surface area contributed by atoms with E-state index in [0.717, 1.165) is 36.3 Å². The van der Waals surface area contributed by atoms with Crippen LogP contribution in [0.2, 0.25) is 0 Å². The molecule has 1 N–H and O–H groups in total. The molecule has 4 heteroatoms. The van der Waals surface area contributed by atoms with Crippen molar-refractivity contribution in [3.05, 3.63) is 64.9 Å². The number of hydrogen-bond acceptors (Lipinski definition) is 3. The van der Waals surface area contributed by atoms with E-state index in [-0.39, 0.29) is 12.1 Å². The lowest BCUT2D eigenvalue weighted by Crippen LogP contribution is -2.34. The molecule has 2 atom stereocenters. The highest BCUT2D eigenvalue weighted by Gasteiger charge is 2.32. The van der Waals surface area contributed by atoms with E-state index in [1.165, 1.54) is 16.8 Å². The molecule has 0 radical (unpaired) electrons. The largest absolute Gasteiger partial charge is 0.341 e. The molecule has 1 aromatic rings. The van der Waals surface area contributed by atoms with Gasteiger partial charge in [0.2, 0.25) is 0 Å². The molecule has 0 saturated heterocycles. The number of nitrogens with zero attached hydrogens (tertiary/aromatic N) is 2. The summed E-state index contributed by atoms with van der Waals surface area (Å²) in [7, 11) is 1.81. The molecule has 2 aliphatic heterocycles. The van der Waals surface area contributed by atoms with Gasteiger partial charge in [-0.05, 0) is 81.7 Å². The number of alkyl halides is 1. The Morgan fingerprint density at radius 2 is 1.96 bits per heavy atom. The molecule has 0 spiro atoms. The molecule has 2 heterocycles. The van der Waals surface area contributed by atoms with Crippen molar-refractivity contribution in [2.24, 2.45) is 4.99 Å². The van der Waals surface area contributed by atoms with Gasteiger partial charge in [0.1, 0.15) is 5.67 Å². The highest BCUT2D eigenvalue weighted by atomic mass is 19.1. The second-order valence-corrected chi connectivity index (χ2v) is 8.19. The normalized spacial score (nSPS) is 23.0. The Bertz CT molecular complexity index is 853. The maximum Gasteiger partial charge on any atom is 0.124 e. The predicted molar refractivity (Wildman–Crippen MR) is 111 cm³/mol. The van der Waals surface area contributed by atoms with Crippen molar-refractivity contribution in [1.29, 1.82) is 0 Å². The first kappa shape index (κ1) is 18.2. The van der Waals surface area contributed by atoms with Gasteiger partial charge in [-0.25, -0.2) is 4.39 Å². The number of hydrogen-bond donors (Lipinski definition) is 1. The van der Waals surface area contributed by atoms with E-state index in [0.29, 0.717) is 0 Å². The molecule has 1 aromatic carbocycles. The van der Waals surface area contributed by atoms with Crippen molar-refractivity contribution in [3.63, 3.8) is 0 Å². The van der Waals surface area contributed by atoms with Crippen molar-refractivity contribution in [1.82, 2.24) is 5.32 Å². The van der Waals surface area contributed by atoms with Gasteiger partial charge in [0.05, 0.1) is 12.1 Å². The fourth-order valence-electron chi connectivity index (χ4n) is 4.57. The molecule has 142 valence electrons. The van der Waals surface area contributed by atoms with Crippen LogP contribution in [-0.2, 0) is 0 Å². The monoisotopic (exact) mass is 365 g/mol. The van der Waals surface area contributed by atoms with Crippen LogP contribution in [0.1, 0.15) is 45.2 Å². The third kappa shape index (κ3) is 3.27. The zero-order valence-electron chi connectivity index (χ0n) is 16.6. The second-order valence-electron chi connectivity index (χ2n) is 8.19. The quantitative estimate of drug-likeness (QED) is 0.823. The number of rotatable bonds is 4. The van der Waals surface area contributed by atoms with Gasteiger partial charge < -0.3 is 10.2 Å². The zero-order valence-corrected chi connectivity index (χ0v) is 16.6. The maximum atomic E-state index is 14.5. The first-order chi connectivity index (χ1) is 12.9. The summed E-state index contributed by atoms with van der Waals surface area (Å²) in [5.41, 5.74) is 5.95. The topological polar surface area (TPSA) is 27.6 Å². The molecule has 3 aliphatic rings. The number of anilines is 1. The van der Waals surface area contributed by atoms with Crippen molar-refractivity contribution in [2.45, 2.75) is 51.4 Å². The smallest absolute Gasteiger partial charge is 0.124 e. The van der Waals surface area contributed by atoms with Crippen LogP contribution in [0.15, 0.2) is 64.3 Å². The van der Waals surface area contributed by atoms with Crippen LogP contribution in [0.5, 0.6) is 0 Å². The molecule has 4 rings (SSSR count). The summed E-state index contributed by atoms with van der Waals surface area (Å²) >= 11 is 0. The number of nitrogens with one attached hydrogen (secondary N) is 1. The molecule has 1 unspecified atom stereocenters. The summed E-state index contributed by atoms with van der Waals surface area (Å²) in [5.74, 6) is 0. The minimum absolute atomic E-state index is 0.202. The predicted octanol–water partition coefficient (Wildman–Crippen LogP) is 4.89. The van der Waals surface area contributed by atoms with Crippen LogP contribution in [0.3, 0.4) is 0 Å². The SMILES string of the molecule is CN[C@@H](c1ccc(N2CCCC3=C2C=CC2=CC(C)=NC23)cc1)C(C)(C)F. The molecule has 0 aromatic heterocycles. The van der Waals surface area contributed by atoms with Gasteiger partial charge in [-0.2, -0.15) is 0 Å². The van der Waals surface area contributed by atoms with Crippen molar-refractivity contribution in [2.75, 3.05) is 18.5 Å². The van der Waals surface area contributed by atoms with E-state index in [2.05, 4.69) is 47.5 Å². The Morgan fingerprint density at radius 1 is 1.22 bits per heavy atom. The van der Waals surface area contributed by atoms with E-state index in [4.69, 9.17) is 4.99 Å². The van der Waals surface area contributed by atoms with Crippen LogP contribution in [-0.4, -0.2) is 31.0 Å². The van der Waals surface area contributed by atoms with Crippen LogP contribution >= 0.6 is 0 Å². The second kappa shape index (κ2) is 6.75. The molecule has 0 bridgehead atoms. The van der Waals surface area contributed by atoms with E-state index in [1.54, 1.807) is 13.8 Å². The number of fused-ring (bicyclic) bond motifs is 2. The molecule has 0 saturated carbocycles. The number of halogens is 1. The summed E-state index contributed by atoms with van der Waals surface area (Å²) in [5, 5.41) is 3.10. The minimum atomic E-state index is -1.32. The van der Waals surface area contributed by atoms with Crippen molar-refractivity contribution < 1.29 is 4.39 Å². The summed E-state index contributed by atoms with van der Waals surface area (Å²) in [4.78, 5) is 7.22. The van der Waals surface area contributed by atoms with E-state index in [9.17, 15) is 4.39 Å². The molecule has 0 fully saturated rings. The van der Waals surface area contributed by atoms with E-state index in [1.807, 2.05) is 19.2 Å². The van der Waals surface area contributed by atoms with Gasteiger partial charge in [-0.15, -0.1) is 0 Å². The Kier molecular flexibility index (Phi) is 4.55. The number of allylic oxidation sites excluding steroid dienone is 2. The zero-order chi connectivity index (χ0) is 19.2. The van der Waals surface area contributed by atoms with Crippen LogP contribution in [0.25, 0.3) is 0 Å². The van der Waals surface area contributed by atoms with Gasteiger partial charge in [-0.1, -0.05) is 18.2 Å². The van der Waals surface area contributed by atoms with Gasteiger partial charge in [0.15, 0.2) is 0 Å². The fraction of sp³-hybridized carbons (Fsp3) is 0.435. The van der Waals surface area contributed by atoms with Gasteiger partial charge in [0, 0.05) is 23.6 Å². The summed E-state index contributed by atoms with van der Waals surface area (Å²) in [6.07, 6.45) is 8.86. The number of benzene rings is 1. The summed E-state index contributed by atoms with van der Waals surface area (Å²) in [6, 6.07) is 8.20. The van der Waals surface area contributed by atoms with Crippen molar-refractivity contribution >= 4 is 11.4 Å². The number of aliphatic imine (C=N–C) groups is 1. The van der Waals surface area contributed by atoms with Gasteiger partial charge in [0.25, 0.3) is 0 Å². The van der Waals surface area contributed by atoms with Gasteiger partial charge in [-0.3, -0.25) is 4.99 Å². The Labute approximate surface area is 161 Å². The Hall–Kier alpha value is -2.20. The summed E-state index contributed by atoms with van der Waals surface area (Å²) in [6.45, 7) is 6.31. The highest BCUT2D eigenvalue weighted by molar-refractivity contribution is 5.97. The lowest BCUT2D eigenvalue weighted by Gasteiger charge is -2.36. The standard InChI is InChI=1S/C23H28FN3/c1-15-14-17-9-12-20-19(21(17)26-15)6-5-13-27(20)18-10-7-16(8-11-18)22(25-4)23(2,3)24/h7-12,14,21-22,25H,5-6,13H2,1-4H3/t21?,22-/m0/s1. The molecule has 1 aliphatic carbocycles. The third-order valence-corrected chi connectivity index (χ3v) is 5.75. The van der Waals surface area contributed by atoms with Crippen LogP contribution in [0.4, 0.5) is 10.1 Å². The van der Waals surface area contributed by atoms with Crippen molar-refractivity contribution in [3.8, 4) is 0 Å². The Morgan fingerprint density at radius 3 is 2.63 bits per heavy atom. The lowest BCUT2D eigenvalue weighted by atomic mass is 9.87. The lowest BCUT2D eigenvalue weighted by molar-refractivity contribution is 0.155. The molecular formula is C23H28FN3. The molecule has 3 nitrogen and oxygen atoms in total. The van der Waals surface area contributed by atoms with E-state index < -0.39 is 5.67 Å². The highest BCUT2D eigenvalue weighted by Crippen LogP contribution is 2.39. The average molecular weight is 365 g/mol. The maximum absolute atomic E-state index is 14.5. The van der Waals surface area contributed by atoms with E-state index >= 15 is 0 Å². The van der Waals surface area contributed by atoms with Crippen LogP contribution < -0.4 is 10.2 Å². The first-order valence-corrected chi connectivity index (χ1v) is 9.79. The molecule has 27 heavy (non-hydrogen) atoms. The average Bonchev–Trinajstić information content (AvgIpc) is 3.02. The minimum Gasteiger partial charge on any atom is -0.341 e. The molecular weight excluding hydrogens is 337 g/mol. The van der Waals surface area contributed by atoms with Gasteiger partial charge >= 0.3 is 0 Å².